The molecule has 0 aliphatic heterocycles. The van der Waals surface area contributed by atoms with Gasteiger partial charge in [0.15, 0.2) is 0 Å². The van der Waals surface area contributed by atoms with Crippen LogP contribution in [0.2, 0.25) is 0 Å². The zero-order valence-corrected chi connectivity index (χ0v) is 158. The quantitative estimate of drug-likeness (QED) is 0.137. The first-order chi connectivity index (χ1) is 23.0. The summed E-state index contributed by atoms with van der Waals surface area (Å²) in [7, 11) is 0. The van der Waals surface area contributed by atoms with Gasteiger partial charge in [-0.3, -0.25) is 0 Å². The van der Waals surface area contributed by atoms with Gasteiger partial charge in [0.05, 0.1) is 0 Å². The Kier molecular flexibility index (Phi) is 2330. The van der Waals surface area contributed by atoms with E-state index in [1.54, 1.807) is 0 Å². The second-order valence-corrected chi connectivity index (χ2v) is 8.19. The molecule has 0 fully saturated rings. The molecule has 688 valence electrons. The third-order valence-corrected chi connectivity index (χ3v) is 4.86. The van der Waals surface area contributed by atoms with E-state index in [-0.39, 0.29) is 950 Å². The van der Waals surface area contributed by atoms with Gasteiger partial charge in [0, 0.05) is 628 Å². The molecule has 3 heterocycles. The van der Waals surface area contributed by atoms with Crippen LogP contribution < -0.4 is 0 Å². The number of nitrogens with zero attached hydrogens (tertiary/aromatic N) is 9. The molecule has 9 nitrogen and oxygen atoms in total. The SMILES string of the molecule is [CH3-].[CH3-].[CH3-].[CH3-].[CH3-].[CH3-].[CH3-].[CH3-].[CH3-].[CH3-].[CH3-].[CH3-].[CH3-].[CH3-].[CH3-].[CH3-].[CH3-].[CH3-].[CH3-].[CH3-].[CH3-].[CH3-].[CH3-].[CH3-].[CH3-].[CH3-].[CH3-].[CH3-].[CH3-].[CH3-].[CH3-].[CH3-].[CH3-].[CH3-].[CH3-].[U+2].[U+2].[V].[V].[V].[V].[V].[V].[V].[V].[V].[V].[W].[W].[W].[W].[W].[W].[W].[W].[W].[W].[W].[W].[W].[W].[W].[W].[W].[W].[W].[W].[W].c1ccc2ccccc2c1.c1ccccc1.c1ccccc1.c1ccccc1.c1ncncn1.c1ncncn1.c1ncncn1. The minimum Gasteiger partial charge on any atom is -0.358 e. The Morgan fingerprint density at radius 1 is 0.105 bits per heavy atom. The van der Waals surface area contributed by atoms with Crippen LogP contribution in [0.15, 0.2) is 215 Å². The summed E-state index contributed by atoms with van der Waals surface area (Å²) >= 11 is 0. The van der Waals surface area contributed by atoms with Crippen LogP contribution in [0.1, 0.15) is 0 Å². The van der Waals surface area contributed by atoms with Gasteiger partial charge in [-0.15, -0.1) is 0 Å². The van der Waals surface area contributed by atoms with Gasteiger partial charge < -0.3 is 260 Å². The summed E-state index contributed by atoms with van der Waals surface area (Å²) in [6.07, 6.45) is 12.9. The van der Waals surface area contributed by atoms with Crippen molar-refractivity contribution in [3.8, 4) is 0 Å². The van der Waals surface area contributed by atoms with Gasteiger partial charge in [-0.1, -0.05) is 158 Å². The summed E-state index contributed by atoms with van der Waals surface area (Å²) in [4.78, 5) is 32.1. The minimum atomic E-state index is 0. The van der Waals surface area contributed by atoms with Crippen molar-refractivity contribution in [3.63, 3.8) is 0 Å². The van der Waals surface area contributed by atoms with Crippen molar-refractivity contribution in [2.24, 2.45) is 0 Å². The number of benzene rings is 5. The second kappa shape index (κ2) is 486. The molecule has 0 aliphatic rings. The number of rotatable bonds is 0. The summed E-state index contributed by atoms with van der Waals surface area (Å²) in [6.45, 7) is 0. The van der Waals surface area contributed by atoms with Gasteiger partial charge >= 0.3 is 62.2 Å². The average molecular weight is 5980 g/mol. The maximum atomic E-state index is 3.56. The van der Waals surface area contributed by atoms with Gasteiger partial charge in [0.2, 0.25) is 0 Å². The van der Waals surface area contributed by atoms with E-state index in [4.69, 9.17) is 0 Å². The molecular formula is C72H140N9U2V10W21-31. The average Bonchev–Trinajstić information content (AvgIpc) is 3.20. The van der Waals surface area contributed by atoms with Crippen LogP contribution in [0.25, 0.3) is 10.8 Å². The zero-order chi connectivity index (χ0) is 32.3. The van der Waals surface area contributed by atoms with Crippen molar-refractivity contribution < 1.29 is 690 Å². The molecule has 0 unspecified atom stereocenters. The molecule has 0 amide bonds. The molecule has 10 radical (unpaired) electrons. The van der Waals surface area contributed by atoms with E-state index < -0.39 is 0 Å². The Hall–Kier alpha value is 15.8. The number of hydrogen-bond donors (Lipinski definition) is 0. The van der Waals surface area contributed by atoms with Gasteiger partial charge in [0.1, 0.15) is 56.9 Å². The third-order valence-electron chi connectivity index (χ3n) is 4.86. The Bertz CT molecular complexity index is 1350. The molecule has 5 aromatic carbocycles. The van der Waals surface area contributed by atoms with Crippen LogP contribution in [0.3, 0.4) is 0 Å². The molecule has 42 heteroatoms. The first-order valence-electron chi connectivity index (χ1n) is 14.1. The predicted octanol–water partition coefficient (Wildman–Crippen LogP) is 23.2. The fourth-order valence-electron chi connectivity index (χ4n) is 2.90. The molecule has 0 saturated carbocycles. The Morgan fingerprint density at radius 3 is 0.202 bits per heavy atom. The van der Waals surface area contributed by atoms with Crippen molar-refractivity contribution in [2.45, 2.75) is 0 Å². The largest absolute Gasteiger partial charge is 2.00 e. The molecule has 114 heavy (non-hydrogen) atoms. The number of hydrogen-bond acceptors (Lipinski definition) is 9. The van der Waals surface area contributed by atoms with Crippen LogP contribution in [0.5, 0.6) is 0 Å². The molecule has 8 aromatic rings. The normalized spacial score (nSPS) is 3.40. The molecule has 0 bridgehead atoms. The summed E-state index contributed by atoms with van der Waals surface area (Å²) < 4.78 is 0. The summed E-state index contributed by atoms with van der Waals surface area (Å²) in [5, 5.41) is 2.62. The van der Waals surface area contributed by atoms with E-state index in [0.29, 0.717) is 0 Å². The Morgan fingerprint density at radius 2 is 0.158 bits per heavy atom. The molecule has 0 N–H and O–H groups in total. The topological polar surface area (TPSA) is 116 Å². The van der Waals surface area contributed by atoms with Gasteiger partial charge in [-0.25, -0.2) is 44.9 Å². The van der Waals surface area contributed by atoms with E-state index in [1.165, 1.54) is 67.7 Å². The molecule has 3 aromatic heterocycles. The first-order valence-corrected chi connectivity index (χ1v) is 14.1. The monoisotopic (exact) mass is 5980 g/mol. The standard InChI is InChI=1S/C10H8.3C6H6.3C3H3N3.35CH3.2U.10V.21W/c1-2-6-10-8-4-3-7-9(10)5-1;3*1-2-4-6-5-3-1;3*1-4-2-6-3-5-1;;;;;;;;;;;;;;;;;;;;;;;;;;;;;;;;;;;;;;;;;;;;;;;;;;;;;;;;;;;;;;;;;;;;/h1-8H;3*1-6H;3*1-3H;35*1H3;;;;;;;;;;;;;;;;;;;;;;;;;;;;;;;;;/q;;;;;;;35*-1;2*+2;;;;;;;;;;;;;;;;;;;;;;;;;;;;;;;. The number of fused-ring (bicyclic) bond motifs is 1. The fraction of sp³-hybridized carbons (Fsp3) is 0. The van der Waals surface area contributed by atoms with Gasteiger partial charge in [-0.05, 0) is 10.8 Å². The van der Waals surface area contributed by atoms with Crippen LogP contribution >= 0.6 is 0 Å². The van der Waals surface area contributed by atoms with Gasteiger partial charge in [-0.2, -0.15) is 0 Å². The summed E-state index contributed by atoms with van der Waals surface area (Å²) in [5.41, 5.74) is 0. The predicted molar refractivity (Wildman–Crippen MR) is 407 cm³/mol. The molecule has 0 saturated heterocycles. The molecular weight excluding hydrogens is 5840 g/mol. The van der Waals surface area contributed by atoms with Crippen molar-refractivity contribution in [1.82, 2.24) is 44.9 Å². The minimum absolute atomic E-state index is 0. The summed E-state index contributed by atoms with van der Waals surface area (Å²) in [6, 6.07) is 52.7. The molecule has 0 aliphatic carbocycles. The smallest absolute Gasteiger partial charge is 0.358 e. The van der Waals surface area contributed by atoms with Crippen LogP contribution in [0.4, 0.5) is 0 Å². The van der Waals surface area contributed by atoms with E-state index in [2.05, 4.69) is 93.4 Å². The maximum Gasteiger partial charge on any atom is 2.00 e. The van der Waals surface area contributed by atoms with Crippen LogP contribution in [-0.2, 0) is 628 Å². The molecule has 8 rings (SSSR count). The maximum absolute atomic E-state index is 3.56. The van der Waals surface area contributed by atoms with Crippen molar-refractivity contribution in [1.29, 1.82) is 0 Å². The van der Waals surface area contributed by atoms with Crippen LogP contribution in [-0.4, -0.2) is 44.9 Å². The van der Waals surface area contributed by atoms with Crippen molar-refractivity contribution in [2.75, 3.05) is 0 Å². The number of aromatic nitrogens is 9. The van der Waals surface area contributed by atoms with E-state index in [0.717, 1.165) is 0 Å². The second-order valence-electron chi connectivity index (χ2n) is 8.19. The van der Waals surface area contributed by atoms with E-state index in [1.807, 2.05) is 109 Å². The van der Waals surface area contributed by atoms with E-state index in [9.17, 15) is 0 Å². The molecule has 0 atom stereocenters. The third kappa shape index (κ3) is 422. The zero-order valence-electron chi connectivity index (χ0n) is 74.3. The van der Waals surface area contributed by atoms with Crippen molar-refractivity contribution in [3.05, 3.63) is 475 Å². The van der Waals surface area contributed by atoms with Crippen molar-refractivity contribution >= 4 is 10.8 Å². The summed E-state index contributed by atoms with van der Waals surface area (Å²) in [5.74, 6) is 0. The van der Waals surface area contributed by atoms with Gasteiger partial charge in [0.25, 0.3) is 0 Å². The fourth-order valence-corrected chi connectivity index (χ4v) is 2.90. The first kappa shape index (κ1) is 546. The van der Waals surface area contributed by atoms with Crippen LogP contribution in [0, 0.1) is 322 Å². The Labute approximate surface area is 1200 Å². The Balaban J connectivity index is -0.00000000318. The van der Waals surface area contributed by atoms with E-state index >= 15 is 0 Å². The molecule has 0 spiro atoms.